The molecule has 0 amide bonds. The van der Waals surface area contributed by atoms with Gasteiger partial charge in [0.15, 0.2) is 0 Å². The molecule has 1 aromatic carbocycles. The Bertz CT molecular complexity index is 271. The molecule has 0 radical (unpaired) electrons. The van der Waals surface area contributed by atoms with E-state index < -0.39 is 0 Å². The Morgan fingerprint density at radius 1 is 1.38 bits per heavy atom. The molecule has 72 valence electrons. The summed E-state index contributed by atoms with van der Waals surface area (Å²) in [6, 6.07) is 5.71. The van der Waals surface area contributed by atoms with Crippen LogP contribution in [0.2, 0.25) is 0 Å². The highest BCUT2D eigenvalue weighted by atomic mass is 79.9. The third-order valence-electron chi connectivity index (χ3n) is 2.17. The maximum absolute atomic E-state index is 9.63. The minimum atomic E-state index is 0.436. The predicted octanol–water partition coefficient (Wildman–Crippen LogP) is 3.63. The normalized spacial score (nSPS) is 10.3. The first-order valence-electron chi connectivity index (χ1n) is 4.65. The van der Waals surface area contributed by atoms with Gasteiger partial charge in [-0.3, -0.25) is 0 Å². The van der Waals surface area contributed by atoms with Crippen LogP contribution in [0.5, 0.6) is 5.75 Å². The van der Waals surface area contributed by atoms with E-state index in [4.69, 9.17) is 0 Å². The van der Waals surface area contributed by atoms with Crippen LogP contribution in [-0.2, 0) is 11.8 Å². The van der Waals surface area contributed by atoms with Crippen LogP contribution in [0, 0.1) is 0 Å². The number of rotatable bonds is 4. The summed E-state index contributed by atoms with van der Waals surface area (Å²) in [5.41, 5.74) is 2.30. The van der Waals surface area contributed by atoms with Gasteiger partial charge in [-0.1, -0.05) is 41.4 Å². The van der Waals surface area contributed by atoms with Crippen LogP contribution in [0.15, 0.2) is 18.2 Å². The van der Waals surface area contributed by atoms with Crippen molar-refractivity contribution in [2.24, 2.45) is 0 Å². The van der Waals surface area contributed by atoms with E-state index in [0.29, 0.717) is 5.75 Å². The van der Waals surface area contributed by atoms with Crippen molar-refractivity contribution in [3.63, 3.8) is 0 Å². The van der Waals surface area contributed by atoms with Crippen molar-refractivity contribution in [3.8, 4) is 5.75 Å². The lowest BCUT2D eigenvalue weighted by Crippen LogP contribution is -1.92. The number of halogens is 1. The van der Waals surface area contributed by atoms with Crippen LogP contribution in [0.1, 0.15) is 30.9 Å². The highest BCUT2D eigenvalue weighted by molar-refractivity contribution is 9.08. The summed E-state index contributed by atoms with van der Waals surface area (Å²) in [5.74, 6) is 0.436. The molecule has 0 aromatic heterocycles. The monoisotopic (exact) mass is 242 g/mol. The summed E-state index contributed by atoms with van der Waals surface area (Å²) in [6.45, 7) is 2.16. The van der Waals surface area contributed by atoms with Crippen LogP contribution < -0.4 is 0 Å². The number of aromatic hydroxyl groups is 1. The van der Waals surface area contributed by atoms with Crippen LogP contribution in [-0.4, -0.2) is 5.11 Å². The first-order chi connectivity index (χ1) is 6.29. The quantitative estimate of drug-likeness (QED) is 0.800. The molecule has 0 aliphatic carbocycles. The second-order valence-electron chi connectivity index (χ2n) is 3.15. The van der Waals surface area contributed by atoms with Gasteiger partial charge in [0.25, 0.3) is 0 Å². The van der Waals surface area contributed by atoms with Crippen molar-refractivity contribution >= 4 is 15.9 Å². The maximum atomic E-state index is 9.63. The molecule has 0 aliphatic rings. The number of benzene rings is 1. The van der Waals surface area contributed by atoms with Crippen molar-refractivity contribution < 1.29 is 5.11 Å². The zero-order valence-corrected chi connectivity index (χ0v) is 9.47. The molecule has 0 saturated carbocycles. The van der Waals surface area contributed by atoms with Crippen LogP contribution >= 0.6 is 15.9 Å². The van der Waals surface area contributed by atoms with Crippen LogP contribution in [0.25, 0.3) is 0 Å². The molecule has 0 bridgehead atoms. The van der Waals surface area contributed by atoms with Gasteiger partial charge < -0.3 is 5.11 Å². The molecule has 2 heteroatoms. The van der Waals surface area contributed by atoms with Crippen molar-refractivity contribution in [3.05, 3.63) is 29.3 Å². The SMILES string of the molecule is CCCCc1c(O)cccc1CBr. The smallest absolute Gasteiger partial charge is 0.119 e. The predicted molar refractivity (Wildman–Crippen MR) is 59.3 cm³/mol. The van der Waals surface area contributed by atoms with Crippen molar-refractivity contribution in [2.45, 2.75) is 31.5 Å². The largest absolute Gasteiger partial charge is 0.508 e. The van der Waals surface area contributed by atoms with E-state index in [1.165, 1.54) is 5.56 Å². The Hall–Kier alpha value is -0.500. The zero-order chi connectivity index (χ0) is 9.68. The van der Waals surface area contributed by atoms with E-state index in [9.17, 15) is 5.11 Å². The Morgan fingerprint density at radius 3 is 2.77 bits per heavy atom. The summed E-state index contributed by atoms with van der Waals surface area (Å²) < 4.78 is 0. The summed E-state index contributed by atoms with van der Waals surface area (Å²) in [7, 11) is 0. The first-order valence-corrected chi connectivity index (χ1v) is 5.77. The molecule has 0 saturated heterocycles. The lowest BCUT2D eigenvalue weighted by atomic mass is 10.0. The Labute approximate surface area is 87.9 Å². The van der Waals surface area contributed by atoms with E-state index in [0.717, 1.165) is 30.2 Å². The summed E-state index contributed by atoms with van der Waals surface area (Å²) in [5, 5.41) is 10.4. The number of unbranched alkanes of at least 4 members (excludes halogenated alkanes) is 1. The number of alkyl halides is 1. The second kappa shape index (κ2) is 5.28. The molecular weight excluding hydrogens is 228 g/mol. The average Bonchev–Trinajstić information content (AvgIpc) is 2.15. The van der Waals surface area contributed by atoms with Gasteiger partial charge in [0.05, 0.1) is 0 Å². The fraction of sp³-hybridized carbons (Fsp3) is 0.455. The molecule has 0 heterocycles. The van der Waals surface area contributed by atoms with Gasteiger partial charge in [0.2, 0.25) is 0 Å². The molecule has 1 N–H and O–H groups in total. The molecule has 0 fully saturated rings. The van der Waals surface area contributed by atoms with Crippen molar-refractivity contribution in [2.75, 3.05) is 0 Å². The third-order valence-corrected chi connectivity index (χ3v) is 2.78. The number of phenols is 1. The van der Waals surface area contributed by atoms with E-state index >= 15 is 0 Å². The molecule has 0 atom stereocenters. The van der Waals surface area contributed by atoms with Crippen molar-refractivity contribution in [1.82, 2.24) is 0 Å². The molecular formula is C11H15BrO. The molecule has 1 nitrogen and oxygen atoms in total. The summed E-state index contributed by atoms with van der Waals surface area (Å²) in [4.78, 5) is 0. The minimum absolute atomic E-state index is 0.436. The van der Waals surface area contributed by atoms with Gasteiger partial charge in [-0.2, -0.15) is 0 Å². The molecule has 0 unspecified atom stereocenters. The highest BCUT2D eigenvalue weighted by Crippen LogP contribution is 2.24. The van der Waals surface area contributed by atoms with Gasteiger partial charge in [-0.25, -0.2) is 0 Å². The van der Waals surface area contributed by atoms with Crippen molar-refractivity contribution in [1.29, 1.82) is 0 Å². The Kier molecular flexibility index (Phi) is 4.29. The summed E-state index contributed by atoms with van der Waals surface area (Å²) >= 11 is 3.42. The topological polar surface area (TPSA) is 20.2 Å². The number of phenolic OH excluding ortho intramolecular Hbond substituents is 1. The van der Waals surface area contributed by atoms with Crippen LogP contribution in [0.4, 0.5) is 0 Å². The fourth-order valence-corrected chi connectivity index (χ4v) is 1.91. The fourth-order valence-electron chi connectivity index (χ4n) is 1.39. The average molecular weight is 243 g/mol. The molecule has 0 spiro atoms. The van der Waals surface area contributed by atoms with Gasteiger partial charge in [-0.15, -0.1) is 0 Å². The highest BCUT2D eigenvalue weighted by Gasteiger charge is 2.05. The maximum Gasteiger partial charge on any atom is 0.119 e. The first kappa shape index (κ1) is 10.6. The van der Waals surface area contributed by atoms with Gasteiger partial charge >= 0.3 is 0 Å². The van der Waals surface area contributed by atoms with E-state index in [1.54, 1.807) is 6.07 Å². The van der Waals surface area contributed by atoms with E-state index in [-0.39, 0.29) is 0 Å². The summed E-state index contributed by atoms with van der Waals surface area (Å²) in [6.07, 6.45) is 3.28. The lowest BCUT2D eigenvalue weighted by molar-refractivity contribution is 0.466. The molecule has 1 rings (SSSR count). The number of hydrogen-bond donors (Lipinski definition) is 1. The second-order valence-corrected chi connectivity index (χ2v) is 3.71. The number of hydrogen-bond acceptors (Lipinski definition) is 1. The van der Waals surface area contributed by atoms with Crippen LogP contribution in [0.3, 0.4) is 0 Å². The molecule has 0 aliphatic heterocycles. The standard InChI is InChI=1S/C11H15BrO/c1-2-3-6-10-9(8-12)5-4-7-11(10)13/h4-5,7,13H,2-3,6,8H2,1H3. The van der Waals surface area contributed by atoms with Gasteiger partial charge in [0, 0.05) is 5.33 Å². The van der Waals surface area contributed by atoms with Gasteiger partial charge in [-0.05, 0) is 30.0 Å². The van der Waals surface area contributed by atoms with Gasteiger partial charge in [0.1, 0.15) is 5.75 Å². The minimum Gasteiger partial charge on any atom is -0.508 e. The Morgan fingerprint density at radius 2 is 2.15 bits per heavy atom. The molecule has 1 aromatic rings. The van der Waals surface area contributed by atoms with E-state index in [1.807, 2.05) is 6.07 Å². The van der Waals surface area contributed by atoms with E-state index in [2.05, 4.69) is 28.9 Å². The Balaban J connectivity index is 2.87. The molecule has 13 heavy (non-hydrogen) atoms. The lowest BCUT2D eigenvalue weighted by Gasteiger charge is -2.08. The zero-order valence-electron chi connectivity index (χ0n) is 7.89. The third kappa shape index (κ3) is 2.73.